The maximum Gasteiger partial charge on any atom is 0.255 e. The van der Waals surface area contributed by atoms with Crippen molar-refractivity contribution in [2.45, 2.75) is 26.0 Å². The molecular formula is C18H20N2O4S. The van der Waals surface area contributed by atoms with Crippen LogP contribution in [0.3, 0.4) is 0 Å². The third-order valence-corrected chi connectivity index (χ3v) is 5.49. The number of anilines is 2. The summed E-state index contributed by atoms with van der Waals surface area (Å²) in [5.74, 6) is -0.275. The van der Waals surface area contributed by atoms with Crippen LogP contribution in [0.5, 0.6) is 0 Å². The van der Waals surface area contributed by atoms with Gasteiger partial charge in [-0.1, -0.05) is 12.1 Å². The van der Waals surface area contributed by atoms with Gasteiger partial charge in [0.15, 0.2) is 0 Å². The van der Waals surface area contributed by atoms with Crippen LogP contribution in [0.4, 0.5) is 11.4 Å². The van der Waals surface area contributed by atoms with E-state index in [1.54, 1.807) is 42.5 Å². The van der Waals surface area contributed by atoms with Crippen molar-refractivity contribution in [1.82, 2.24) is 0 Å². The second-order valence-corrected chi connectivity index (χ2v) is 8.13. The van der Waals surface area contributed by atoms with Crippen molar-refractivity contribution in [2.24, 2.45) is 0 Å². The number of aliphatic hydroxyl groups excluding tert-OH is 1. The minimum atomic E-state index is -3.35. The topological polar surface area (TPSA) is 86.7 Å². The number of nitrogens with one attached hydrogen (secondary N) is 1. The third kappa shape index (κ3) is 3.52. The molecule has 1 heterocycles. The number of fused-ring (bicyclic) bond motifs is 1. The van der Waals surface area contributed by atoms with Crippen molar-refractivity contribution in [3.8, 4) is 0 Å². The predicted octanol–water partition coefficient (Wildman–Crippen LogP) is 2.14. The average Bonchev–Trinajstić information content (AvgIpc) is 2.89. The van der Waals surface area contributed by atoms with Gasteiger partial charge in [-0.05, 0) is 54.8 Å². The zero-order valence-corrected chi connectivity index (χ0v) is 14.9. The van der Waals surface area contributed by atoms with Gasteiger partial charge in [0.05, 0.1) is 18.6 Å². The fourth-order valence-electron chi connectivity index (χ4n) is 3.20. The van der Waals surface area contributed by atoms with Crippen LogP contribution >= 0.6 is 0 Å². The molecule has 0 bridgehead atoms. The highest BCUT2D eigenvalue weighted by Crippen LogP contribution is 2.34. The van der Waals surface area contributed by atoms with E-state index in [1.165, 1.54) is 10.6 Å². The Kier molecular flexibility index (Phi) is 4.53. The second kappa shape index (κ2) is 6.50. The van der Waals surface area contributed by atoms with Crippen molar-refractivity contribution >= 4 is 27.3 Å². The molecule has 132 valence electrons. The zero-order valence-electron chi connectivity index (χ0n) is 14.1. The Morgan fingerprint density at radius 2 is 2.04 bits per heavy atom. The van der Waals surface area contributed by atoms with Crippen molar-refractivity contribution in [1.29, 1.82) is 0 Å². The molecule has 0 aromatic heterocycles. The summed E-state index contributed by atoms with van der Waals surface area (Å²) in [5.41, 5.74) is 3.26. The molecule has 1 aliphatic heterocycles. The zero-order chi connectivity index (χ0) is 18.2. The Morgan fingerprint density at radius 3 is 2.72 bits per heavy atom. The number of rotatable bonds is 4. The Bertz CT molecular complexity index is 924. The maximum atomic E-state index is 12.5. The number of amides is 1. The van der Waals surface area contributed by atoms with Crippen LogP contribution < -0.4 is 9.62 Å². The Morgan fingerprint density at radius 1 is 1.28 bits per heavy atom. The van der Waals surface area contributed by atoms with E-state index >= 15 is 0 Å². The standard InChI is InChI=1S/C18H20N2O4S/c1-12-8-15-10-14(6-7-17(15)20(12)25(2,23)24)18(22)19-16-5-3-4-13(9-16)11-21/h3-7,9-10,12,21H,8,11H2,1-2H3,(H,19,22)/t12-/m0/s1. The molecule has 2 aromatic rings. The third-order valence-electron chi connectivity index (χ3n) is 4.22. The van der Waals surface area contributed by atoms with Crippen LogP contribution in [0, 0.1) is 0 Å². The van der Waals surface area contributed by atoms with E-state index in [9.17, 15) is 13.2 Å². The number of nitrogens with zero attached hydrogens (tertiary/aromatic N) is 1. The number of aliphatic hydroxyl groups is 1. The molecule has 1 aliphatic rings. The van der Waals surface area contributed by atoms with E-state index in [2.05, 4.69) is 5.32 Å². The van der Waals surface area contributed by atoms with Gasteiger partial charge in [-0.25, -0.2) is 8.42 Å². The molecule has 0 fully saturated rings. The van der Waals surface area contributed by atoms with Crippen LogP contribution in [-0.4, -0.2) is 31.7 Å². The Labute approximate surface area is 147 Å². The lowest BCUT2D eigenvalue weighted by Crippen LogP contribution is -2.34. The summed E-state index contributed by atoms with van der Waals surface area (Å²) in [6, 6.07) is 11.9. The van der Waals surface area contributed by atoms with E-state index in [4.69, 9.17) is 5.11 Å². The molecule has 0 saturated carbocycles. The summed E-state index contributed by atoms with van der Waals surface area (Å²) in [6.07, 6.45) is 1.76. The fourth-order valence-corrected chi connectivity index (χ4v) is 4.46. The van der Waals surface area contributed by atoms with Gasteiger partial charge in [-0.15, -0.1) is 0 Å². The second-order valence-electron chi connectivity index (χ2n) is 6.27. The number of carbonyl (C=O) groups is 1. The van der Waals surface area contributed by atoms with Gasteiger partial charge < -0.3 is 10.4 Å². The summed E-state index contributed by atoms with van der Waals surface area (Å²) >= 11 is 0. The first-order valence-corrected chi connectivity index (χ1v) is 9.78. The minimum Gasteiger partial charge on any atom is -0.392 e. The van der Waals surface area contributed by atoms with Crippen LogP contribution in [0.1, 0.15) is 28.4 Å². The van der Waals surface area contributed by atoms with Gasteiger partial charge in [0.2, 0.25) is 10.0 Å². The molecular weight excluding hydrogens is 340 g/mol. The summed E-state index contributed by atoms with van der Waals surface area (Å²) in [5, 5.41) is 12.0. The van der Waals surface area contributed by atoms with Crippen molar-refractivity contribution in [3.05, 3.63) is 59.2 Å². The molecule has 0 aliphatic carbocycles. The largest absolute Gasteiger partial charge is 0.392 e. The molecule has 0 radical (unpaired) electrons. The highest BCUT2D eigenvalue weighted by atomic mass is 32.2. The average molecular weight is 360 g/mol. The van der Waals surface area contributed by atoms with Gasteiger partial charge in [-0.3, -0.25) is 9.10 Å². The molecule has 2 N–H and O–H groups in total. The molecule has 3 rings (SSSR count). The lowest BCUT2D eigenvalue weighted by Gasteiger charge is -2.21. The SMILES string of the molecule is C[C@H]1Cc2cc(C(=O)Nc3cccc(CO)c3)ccc2N1S(C)(=O)=O. The van der Waals surface area contributed by atoms with E-state index < -0.39 is 10.0 Å². The first-order valence-electron chi connectivity index (χ1n) is 7.93. The molecule has 2 aromatic carbocycles. The highest BCUT2D eigenvalue weighted by Gasteiger charge is 2.32. The number of hydrogen-bond donors (Lipinski definition) is 2. The van der Waals surface area contributed by atoms with Gasteiger partial charge in [0, 0.05) is 17.3 Å². The van der Waals surface area contributed by atoms with Crippen molar-refractivity contribution < 1.29 is 18.3 Å². The number of carbonyl (C=O) groups excluding carboxylic acids is 1. The quantitative estimate of drug-likeness (QED) is 0.875. The summed E-state index contributed by atoms with van der Waals surface area (Å²) in [6.45, 7) is 1.75. The fraction of sp³-hybridized carbons (Fsp3) is 0.278. The molecule has 1 amide bonds. The minimum absolute atomic E-state index is 0.0955. The summed E-state index contributed by atoms with van der Waals surface area (Å²) in [4.78, 5) is 12.5. The lowest BCUT2D eigenvalue weighted by molar-refractivity contribution is 0.102. The summed E-state index contributed by atoms with van der Waals surface area (Å²) in [7, 11) is -3.35. The first-order chi connectivity index (χ1) is 11.8. The van der Waals surface area contributed by atoms with E-state index in [1.807, 2.05) is 6.92 Å². The number of sulfonamides is 1. The molecule has 0 spiro atoms. The number of hydrogen-bond acceptors (Lipinski definition) is 4. The van der Waals surface area contributed by atoms with Gasteiger partial charge in [0.1, 0.15) is 0 Å². The Hall–Kier alpha value is -2.38. The van der Waals surface area contributed by atoms with Crippen LogP contribution in [0.15, 0.2) is 42.5 Å². The van der Waals surface area contributed by atoms with Gasteiger partial charge in [-0.2, -0.15) is 0 Å². The number of benzene rings is 2. The van der Waals surface area contributed by atoms with Crippen LogP contribution in [0.2, 0.25) is 0 Å². The van der Waals surface area contributed by atoms with Crippen LogP contribution in [0.25, 0.3) is 0 Å². The van der Waals surface area contributed by atoms with Gasteiger partial charge in [0.25, 0.3) is 5.91 Å². The first kappa shape index (κ1) is 17.4. The van der Waals surface area contributed by atoms with Gasteiger partial charge >= 0.3 is 0 Å². The Balaban J connectivity index is 1.85. The van der Waals surface area contributed by atoms with E-state index in [0.717, 1.165) is 5.56 Å². The lowest BCUT2D eigenvalue weighted by atomic mass is 10.1. The van der Waals surface area contributed by atoms with Crippen molar-refractivity contribution in [3.63, 3.8) is 0 Å². The van der Waals surface area contributed by atoms with E-state index in [-0.39, 0.29) is 18.6 Å². The monoisotopic (exact) mass is 360 g/mol. The molecule has 6 nitrogen and oxygen atoms in total. The van der Waals surface area contributed by atoms with Crippen molar-refractivity contribution in [2.75, 3.05) is 15.9 Å². The highest BCUT2D eigenvalue weighted by molar-refractivity contribution is 7.92. The smallest absolute Gasteiger partial charge is 0.255 e. The predicted molar refractivity (Wildman–Crippen MR) is 97.2 cm³/mol. The van der Waals surface area contributed by atoms with E-state index in [0.29, 0.717) is 28.9 Å². The normalized spacial score (nSPS) is 16.6. The molecule has 25 heavy (non-hydrogen) atoms. The molecule has 1 atom stereocenters. The summed E-state index contributed by atoms with van der Waals surface area (Å²) < 4.78 is 25.3. The van der Waals surface area contributed by atoms with Crippen LogP contribution in [-0.2, 0) is 23.1 Å². The maximum absolute atomic E-state index is 12.5. The molecule has 7 heteroatoms. The molecule has 0 saturated heterocycles. The molecule has 0 unspecified atom stereocenters.